The van der Waals surface area contributed by atoms with Gasteiger partial charge in [-0.05, 0) is 36.4 Å². The largest absolute Gasteiger partial charge is 0.497 e. The minimum atomic E-state index is -0.511. The van der Waals surface area contributed by atoms with Crippen molar-refractivity contribution in [2.75, 3.05) is 14.2 Å². The van der Waals surface area contributed by atoms with Gasteiger partial charge in [-0.15, -0.1) is 0 Å². The minimum absolute atomic E-state index is 0.146. The van der Waals surface area contributed by atoms with Crippen LogP contribution in [0.4, 0.5) is 0 Å². The Bertz CT molecular complexity index is 908. The number of benzene rings is 2. The van der Waals surface area contributed by atoms with Crippen LogP contribution in [0.25, 0.3) is 11.4 Å². The summed E-state index contributed by atoms with van der Waals surface area (Å²) in [5, 5.41) is 4.44. The van der Waals surface area contributed by atoms with Gasteiger partial charge in [0.2, 0.25) is 5.82 Å². The summed E-state index contributed by atoms with van der Waals surface area (Å²) in [6.07, 6.45) is 0. The first-order valence-corrected chi connectivity index (χ1v) is 7.96. The number of ether oxygens (including phenoxy) is 3. The molecule has 1 heterocycles. The summed E-state index contributed by atoms with van der Waals surface area (Å²) in [4.78, 5) is 16.2. The number of esters is 1. The molecule has 0 fully saturated rings. The third kappa shape index (κ3) is 3.94. The van der Waals surface area contributed by atoms with Crippen LogP contribution in [-0.4, -0.2) is 30.3 Å². The molecule has 0 radical (unpaired) electrons. The lowest BCUT2D eigenvalue weighted by molar-refractivity contribution is 0.0430. The summed E-state index contributed by atoms with van der Waals surface area (Å²) in [5.74, 6) is 1.16. The summed E-state index contributed by atoms with van der Waals surface area (Å²) in [6, 6.07) is 11.6. The number of hydrogen-bond donors (Lipinski definition) is 0. The molecule has 0 spiro atoms. The van der Waals surface area contributed by atoms with E-state index >= 15 is 0 Å². The fourth-order valence-electron chi connectivity index (χ4n) is 2.20. The first-order valence-electron chi connectivity index (χ1n) is 7.58. The molecule has 0 aliphatic carbocycles. The van der Waals surface area contributed by atoms with Gasteiger partial charge in [-0.25, -0.2) is 4.79 Å². The number of nitrogens with zero attached hydrogens (tertiary/aromatic N) is 2. The molecule has 0 aliphatic heterocycles. The Labute approximate surface area is 154 Å². The lowest BCUT2D eigenvalue weighted by Crippen LogP contribution is -2.05. The molecule has 0 bridgehead atoms. The highest BCUT2D eigenvalue weighted by Gasteiger charge is 2.16. The molecule has 0 saturated carbocycles. The molecule has 26 heavy (non-hydrogen) atoms. The van der Waals surface area contributed by atoms with Crippen LogP contribution < -0.4 is 9.47 Å². The maximum atomic E-state index is 12.0. The van der Waals surface area contributed by atoms with Crippen molar-refractivity contribution >= 4 is 17.6 Å². The number of carbonyl (C=O) groups excluding carboxylic acids is 1. The van der Waals surface area contributed by atoms with E-state index in [1.165, 1.54) is 7.11 Å². The summed E-state index contributed by atoms with van der Waals surface area (Å²) in [5.41, 5.74) is 1.01. The Morgan fingerprint density at radius 3 is 2.58 bits per heavy atom. The first kappa shape index (κ1) is 17.8. The Hall–Kier alpha value is -3.06. The molecule has 0 unspecified atom stereocenters. The predicted molar refractivity (Wildman–Crippen MR) is 93.4 cm³/mol. The molecule has 3 aromatic rings. The molecule has 7 nitrogen and oxygen atoms in total. The van der Waals surface area contributed by atoms with Crippen LogP contribution in [0.3, 0.4) is 0 Å². The molecule has 0 atom stereocenters. The van der Waals surface area contributed by atoms with E-state index in [9.17, 15) is 4.79 Å². The van der Waals surface area contributed by atoms with Crippen molar-refractivity contribution in [1.82, 2.24) is 10.1 Å². The molecule has 0 saturated heterocycles. The zero-order chi connectivity index (χ0) is 18.5. The Morgan fingerprint density at radius 2 is 1.88 bits per heavy atom. The van der Waals surface area contributed by atoms with E-state index in [1.54, 1.807) is 49.6 Å². The number of halogens is 1. The SMILES string of the molecule is COc1ccc(-c2noc(COC(=O)c3ccc(Cl)cc3)n2)c(OC)c1. The van der Waals surface area contributed by atoms with Gasteiger partial charge in [0.15, 0.2) is 6.61 Å². The second-order valence-electron chi connectivity index (χ2n) is 5.16. The van der Waals surface area contributed by atoms with Crippen molar-refractivity contribution in [2.45, 2.75) is 6.61 Å². The van der Waals surface area contributed by atoms with Crippen molar-refractivity contribution in [3.05, 3.63) is 58.9 Å². The van der Waals surface area contributed by atoms with Gasteiger partial charge in [0.05, 0.1) is 25.3 Å². The fraction of sp³-hybridized carbons (Fsp3) is 0.167. The second kappa shape index (κ2) is 7.88. The number of aromatic nitrogens is 2. The highest BCUT2D eigenvalue weighted by molar-refractivity contribution is 6.30. The quantitative estimate of drug-likeness (QED) is 0.607. The molecule has 134 valence electrons. The lowest BCUT2D eigenvalue weighted by atomic mass is 10.2. The van der Waals surface area contributed by atoms with Gasteiger partial charge in [-0.1, -0.05) is 16.8 Å². The maximum Gasteiger partial charge on any atom is 0.338 e. The smallest absolute Gasteiger partial charge is 0.338 e. The number of rotatable bonds is 6. The van der Waals surface area contributed by atoms with E-state index in [0.29, 0.717) is 33.5 Å². The number of methoxy groups -OCH3 is 2. The van der Waals surface area contributed by atoms with Crippen molar-refractivity contribution in [3.63, 3.8) is 0 Å². The van der Waals surface area contributed by atoms with Crippen molar-refractivity contribution < 1.29 is 23.5 Å². The molecule has 0 amide bonds. The molecular weight excluding hydrogens is 360 g/mol. The van der Waals surface area contributed by atoms with Crippen molar-refractivity contribution in [2.24, 2.45) is 0 Å². The van der Waals surface area contributed by atoms with Crippen LogP contribution in [0.1, 0.15) is 16.2 Å². The Morgan fingerprint density at radius 1 is 1.12 bits per heavy atom. The average Bonchev–Trinajstić information content (AvgIpc) is 3.15. The van der Waals surface area contributed by atoms with Crippen LogP contribution in [-0.2, 0) is 11.3 Å². The van der Waals surface area contributed by atoms with Gasteiger partial charge in [0.1, 0.15) is 11.5 Å². The monoisotopic (exact) mass is 374 g/mol. The lowest BCUT2D eigenvalue weighted by Gasteiger charge is -2.07. The van der Waals surface area contributed by atoms with Crippen LogP contribution in [0, 0.1) is 0 Å². The van der Waals surface area contributed by atoms with Gasteiger partial charge in [0.25, 0.3) is 5.89 Å². The van der Waals surface area contributed by atoms with E-state index in [4.69, 9.17) is 30.3 Å². The summed E-state index contributed by atoms with van der Waals surface area (Å²) in [6.45, 7) is -0.146. The predicted octanol–water partition coefficient (Wildman–Crippen LogP) is 3.76. The highest BCUT2D eigenvalue weighted by atomic mass is 35.5. The average molecular weight is 375 g/mol. The third-order valence-electron chi connectivity index (χ3n) is 3.52. The van der Waals surface area contributed by atoms with E-state index in [1.807, 2.05) is 0 Å². The van der Waals surface area contributed by atoms with Gasteiger partial charge in [0, 0.05) is 11.1 Å². The zero-order valence-corrected chi connectivity index (χ0v) is 14.8. The standard InChI is InChI=1S/C18H15ClN2O5/c1-23-13-7-8-14(15(9-13)24-2)17-20-16(26-21-17)10-25-18(22)11-3-5-12(19)6-4-11/h3-9H,10H2,1-2H3. The summed E-state index contributed by atoms with van der Waals surface area (Å²) < 4.78 is 20.8. The minimum Gasteiger partial charge on any atom is -0.497 e. The molecule has 3 rings (SSSR count). The van der Waals surface area contributed by atoms with Gasteiger partial charge < -0.3 is 18.7 Å². The Balaban J connectivity index is 1.70. The fourth-order valence-corrected chi connectivity index (χ4v) is 2.33. The second-order valence-corrected chi connectivity index (χ2v) is 5.60. The van der Waals surface area contributed by atoms with Crippen LogP contribution in [0.5, 0.6) is 11.5 Å². The number of hydrogen-bond acceptors (Lipinski definition) is 7. The molecular formula is C18H15ClN2O5. The summed E-state index contributed by atoms with van der Waals surface area (Å²) >= 11 is 5.79. The first-order chi connectivity index (χ1) is 12.6. The zero-order valence-electron chi connectivity index (χ0n) is 14.1. The molecule has 0 aliphatic rings. The molecule has 1 aromatic heterocycles. The highest BCUT2D eigenvalue weighted by Crippen LogP contribution is 2.31. The topological polar surface area (TPSA) is 83.7 Å². The van der Waals surface area contributed by atoms with E-state index < -0.39 is 5.97 Å². The summed E-state index contributed by atoms with van der Waals surface area (Å²) in [7, 11) is 3.10. The van der Waals surface area contributed by atoms with Gasteiger partial charge in [-0.3, -0.25) is 0 Å². The van der Waals surface area contributed by atoms with Gasteiger partial charge in [-0.2, -0.15) is 4.98 Å². The maximum absolute atomic E-state index is 12.0. The Kier molecular flexibility index (Phi) is 5.38. The van der Waals surface area contributed by atoms with Crippen LogP contribution in [0.2, 0.25) is 5.02 Å². The van der Waals surface area contributed by atoms with Crippen LogP contribution in [0.15, 0.2) is 47.0 Å². The normalized spacial score (nSPS) is 10.4. The van der Waals surface area contributed by atoms with Gasteiger partial charge >= 0.3 is 5.97 Å². The van der Waals surface area contributed by atoms with Crippen molar-refractivity contribution in [3.8, 4) is 22.9 Å². The van der Waals surface area contributed by atoms with Crippen LogP contribution >= 0.6 is 11.6 Å². The molecule has 0 N–H and O–H groups in total. The number of carbonyl (C=O) groups is 1. The van der Waals surface area contributed by atoms with E-state index in [0.717, 1.165) is 0 Å². The third-order valence-corrected chi connectivity index (χ3v) is 3.78. The van der Waals surface area contributed by atoms with Crippen molar-refractivity contribution in [1.29, 1.82) is 0 Å². The molecule has 2 aromatic carbocycles. The molecule has 8 heteroatoms. The van der Waals surface area contributed by atoms with E-state index in [-0.39, 0.29) is 12.5 Å². The van der Waals surface area contributed by atoms with E-state index in [2.05, 4.69) is 10.1 Å².